The van der Waals surface area contributed by atoms with Crippen LogP contribution in [0.1, 0.15) is 22.3 Å². The van der Waals surface area contributed by atoms with Gasteiger partial charge in [0.1, 0.15) is 0 Å². The van der Waals surface area contributed by atoms with Gasteiger partial charge in [0, 0.05) is 11.4 Å². The lowest BCUT2D eigenvalue weighted by Gasteiger charge is -2.05. The summed E-state index contributed by atoms with van der Waals surface area (Å²) in [6, 6.07) is 17.7. The van der Waals surface area contributed by atoms with Gasteiger partial charge in [-0.05, 0) is 75.2 Å². The van der Waals surface area contributed by atoms with E-state index in [2.05, 4.69) is 81.2 Å². The van der Waals surface area contributed by atoms with Crippen molar-refractivity contribution in [3.8, 4) is 22.5 Å². The van der Waals surface area contributed by atoms with E-state index < -0.39 is 0 Å². The van der Waals surface area contributed by atoms with E-state index >= 15 is 0 Å². The summed E-state index contributed by atoms with van der Waals surface area (Å²) in [7, 11) is 0. The van der Waals surface area contributed by atoms with Crippen molar-refractivity contribution in [3.63, 3.8) is 0 Å². The fraction of sp³-hybridized carbons (Fsp3) is 0.200. The largest absolute Gasteiger partial charge is 0.355 e. The molecule has 0 aliphatic heterocycles. The molecule has 0 saturated heterocycles. The molecule has 0 spiro atoms. The Morgan fingerprint density at radius 2 is 0.857 bits per heavy atom. The number of hydrogen-bond donors (Lipinski definition) is 1. The Bertz CT molecular complexity index is 687. The molecule has 2 aromatic carbocycles. The van der Waals surface area contributed by atoms with Crippen molar-refractivity contribution < 1.29 is 0 Å². The fourth-order valence-electron chi connectivity index (χ4n) is 2.99. The summed E-state index contributed by atoms with van der Waals surface area (Å²) in [6.07, 6.45) is 0. The van der Waals surface area contributed by atoms with Crippen molar-refractivity contribution in [2.24, 2.45) is 0 Å². The quantitative estimate of drug-likeness (QED) is 0.628. The number of aromatic nitrogens is 1. The van der Waals surface area contributed by atoms with Crippen molar-refractivity contribution in [2.45, 2.75) is 27.7 Å². The van der Waals surface area contributed by atoms with E-state index in [1.54, 1.807) is 0 Å². The molecule has 0 atom stereocenters. The Morgan fingerprint density at radius 3 is 1.19 bits per heavy atom. The summed E-state index contributed by atoms with van der Waals surface area (Å²) >= 11 is 0. The predicted molar refractivity (Wildman–Crippen MR) is 90.6 cm³/mol. The average molecular weight is 275 g/mol. The van der Waals surface area contributed by atoms with Crippen molar-refractivity contribution in [3.05, 3.63) is 70.8 Å². The lowest BCUT2D eigenvalue weighted by Crippen LogP contribution is -1.85. The number of aryl methyl sites for hydroxylation is 4. The molecule has 0 aliphatic carbocycles. The molecule has 1 aromatic heterocycles. The maximum Gasteiger partial charge on any atom is 0.0458 e. The average Bonchev–Trinajstić information content (AvgIpc) is 2.85. The van der Waals surface area contributed by atoms with Crippen LogP contribution in [0.15, 0.2) is 48.5 Å². The second-order valence-corrected chi connectivity index (χ2v) is 6.04. The summed E-state index contributed by atoms with van der Waals surface area (Å²) in [4.78, 5) is 3.55. The van der Waals surface area contributed by atoms with E-state index in [0.29, 0.717) is 0 Å². The molecule has 0 amide bonds. The Morgan fingerprint density at radius 1 is 0.524 bits per heavy atom. The molecule has 3 aromatic rings. The first-order valence-electron chi connectivity index (χ1n) is 7.37. The van der Waals surface area contributed by atoms with Crippen molar-refractivity contribution in [1.29, 1.82) is 0 Å². The van der Waals surface area contributed by atoms with Gasteiger partial charge in [0.05, 0.1) is 0 Å². The molecule has 1 heteroatoms. The van der Waals surface area contributed by atoms with E-state index in [0.717, 1.165) is 0 Å². The molecule has 1 heterocycles. The summed E-state index contributed by atoms with van der Waals surface area (Å²) in [6.45, 7) is 8.57. The van der Waals surface area contributed by atoms with Crippen molar-refractivity contribution >= 4 is 0 Å². The van der Waals surface area contributed by atoms with Crippen molar-refractivity contribution in [1.82, 2.24) is 4.98 Å². The lowest BCUT2D eigenvalue weighted by atomic mass is 10.1. The number of rotatable bonds is 2. The first kappa shape index (κ1) is 13.7. The normalized spacial score (nSPS) is 10.9. The first-order valence-corrected chi connectivity index (χ1v) is 7.37. The minimum atomic E-state index is 1.18. The molecular formula is C20H21N. The highest BCUT2D eigenvalue weighted by Gasteiger charge is 2.06. The van der Waals surface area contributed by atoms with Crippen LogP contribution >= 0.6 is 0 Å². The van der Waals surface area contributed by atoms with Gasteiger partial charge in [-0.25, -0.2) is 0 Å². The maximum atomic E-state index is 3.55. The van der Waals surface area contributed by atoms with Crippen LogP contribution in [0, 0.1) is 27.7 Å². The Labute approximate surface area is 126 Å². The maximum absolute atomic E-state index is 3.55. The zero-order chi connectivity index (χ0) is 15.0. The molecule has 0 saturated carbocycles. The summed E-state index contributed by atoms with van der Waals surface area (Å²) in [5.41, 5.74) is 10.1. The van der Waals surface area contributed by atoms with Crippen LogP contribution in [0.4, 0.5) is 0 Å². The van der Waals surface area contributed by atoms with E-state index in [1.165, 1.54) is 44.8 Å². The zero-order valence-electron chi connectivity index (χ0n) is 13.1. The number of hydrogen-bond acceptors (Lipinski definition) is 0. The zero-order valence-corrected chi connectivity index (χ0v) is 13.1. The van der Waals surface area contributed by atoms with Gasteiger partial charge in [0.15, 0.2) is 0 Å². The summed E-state index contributed by atoms with van der Waals surface area (Å²) in [5.74, 6) is 0. The Hall–Kier alpha value is -2.28. The molecule has 3 rings (SSSR count). The van der Waals surface area contributed by atoms with Crippen LogP contribution < -0.4 is 0 Å². The lowest BCUT2D eigenvalue weighted by molar-refractivity contribution is 1.33. The van der Waals surface area contributed by atoms with Gasteiger partial charge in [-0.2, -0.15) is 0 Å². The summed E-state index contributed by atoms with van der Waals surface area (Å²) < 4.78 is 0. The van der Waals surface area contributed by atoms with Gasteiger partial charge in [0.2, 0.25) is 0 Å². The van der Waals surface area contributed by atoms with Crippen LogP contribution in [-0.4, -0.2) is 4.98 Å². The molecule has 1 N–H and O–H groups in total. The minimum absolute atomic E-state index is 1.18. The molecule has 0 unspecified atom stereocenters. The van der Waals surface area contributed by atoms with Gasteiger partial charge in [-0.15, -0.1) is 0 Å². The third-order valence-electron chi connectivity index (χ3n) is 3.75. The van der Waals surface area contributed by atoms with E-state index in [9.17, 15) is 0 Å². The topological polar surface area (TPSA) is 15.8 Å². The molecule has 1 nitrogen and oxygen atoms in total. The highest BCUT2D eigenvalue weighted by Crippen LogP contribution is 2.27. The number of H-pyrrole nitrogens is 1. The van der Waals surface area contributed by atoms with Gasteiger partial charge < -0.3 is 4.98 Å². The second kappa shape index (κ2) is 5.25. The van der Waals surface area contributed by atoms with E-state index in [1.807, 2.05) is 0 Å². The predicted octanol–water partition coefficient (Wildman–Crippen LogP) is 5.58. The third-order valence-corrected chi connectivity index (χ3v) is 3.75. The highest BCUT2D eigenvalue weighted by atomic mass is 14.7. The van der Waals surface area contributed by atoms with Crippen LogP contribution in [-0.2, 0) is 0 Å². The van der Waals surface area contributed by atoms with Crippen LogP contribution in [0.3, 0.4) is 0 Å². The number of aromatic amines is 1. The highest BCUT2D eigenvalue weighted by molar-refractivity contribution is 5.69. The van der Waals surface area contributed by atoms with E-state index in [4.69, 9.17) is 0 Å². The van der Waals surface area contributed by atoms with Gasteiger partial charge in [-0.1, -0.05) is 34.4 Å². The number of benzene rings is 2. The molecule has 21 heavy (non-hydrogen) atoms. The molecule has 106 valence electrons. The first-order chi connectivity index (χ1) is 10.0. The van der Waals surface area contributed by atoms with Crippen LogP contribution in [0.2, 0.25) is 0 Å². The fourth-order valence-corrected chi connectivity index (χ4v) is 2.99. The van der Waals surface area contributed by atoms with Crippen LogP contribution in [0.5, 0.6) is 0 Å². The standard InChI is InChI=1S/C20H21N/c1-13-7-14(2)10-17(9-13)19-5-6-20(21-19)18-11-15(3)8-16(4)12-18/h5-12,21H,1-4H3. The number of nitrogens with one attached hydrogen (secondary N) is 1. The Kier molecular flexibility index (Phi) is 3.42. The molecule has 0 aliphatic rings. The Balaban J connectivity index is 2.03. The third kappa shape index (κ3) is 2.92. The van der Waals surface area contributed by atoms with Gasteiger partial charge in [0.25, 0.3) is 0 Å². The minimum Gasteiger partial charge on any atom is -0.355 e. The monoisotopic (exact) mass is 275 g/mol. The SMILES string of the molecule is Cc1cc(C)cc(-c2ccc(-c3cc(C)cc(C)c3)[nH]2)c1. The molecule has 0 bridgehead atoms. The summed E-state index contributed by atoms with van der Waals surface area (Å²) in [5, 5.41) is 0. The van der Waals surface area contributed by atoms with E-state index in [-0.39, 0.29) is 0 Å². The van der Waals surface area contributed by atoms with Crippen LogP contribution in [0.25, 0.3) is 22.5 Å². The molecule has 0 radical (unpaired) electrons. The van der Waals surface area contributed by atoms with Gasteiger partial charge >= 0.3 is 0 Å². The van der Waals surface area contributed by atoms with Crippen molar-refractivity contribution in [2.75, 3.05) is 0 Å². The van der Waals surface area contributed by atoms with Gasteiger partial charge in [-0.3, -0.25) is 0 Å². The second-order valence-electron chi connectivity index (χ2n) is 6.04. The molecular weight excluding hydrogens is 254 g/mol. The smallest absolute Gasteiger partial charge is 0.0458 e. The molecule has 0 fully saturated rings.